The number of hydrogen-bond donors (Lipinski definition) is 2. The second-order valence-corrected chi connectivity index (χ2v) is 5.59. The fraction of sp³-hybridized carbons (Fsp3) is 0.600. The van der Waals surface area contributed by atoms with Crippen molar-refractivity contribution in [3.63, 3.8) is 0 Å². The van der Waals surface area contributed by atoms with Crippen LogP contribution in [0.15, 0.2) is 24.3 Å². The van der Waals surface area contributed by atoms with E-state index < -0.39 is 0 Å². The third kappa shape index (κ3) is 4.73. The Balaban J connectivity index is 1.78. The van der Waals surface area contributed by atoms with Crippen LogP contribution >= 0.6 is 0 Å². The van der Waals surface area contributed by atoms with Gasteiger partial charge in [-0.1, -0.05) is 0 Å². The number of benzene rings is 1. The van der Waals surface area contributed by atoms with Crippen LogP contribution in [0.2, 0.25) is 0 Å². The molecule has 2 rings (SSSR count). The minimum atomic E-state index is 0.367. The molecule has 0 saturated heterocycles. The highest BCUT2D eigenvalue weighted by Gasteiger charge is 2.21. The molecule has 1 aliphatic rings. The second kappa shape index (κ2) is 6.78. The molecule has 2 atom stereocenters. The van der Waals surface area contributed by atoms with Crippen molar-refractivity contribution < 1.29 is 4.74 Å². The van der Waals surface area contributed by atoms with E-state index in [1.165, 1.54) is 6.42 Å². The summed E-state index contributed by atoms with van der Waals surface area (Å²) in [6.07, 6.45) is 3.37. The molecule has 4 heteroatoms. The Morgan fingerprint density at radius 3 is 2.58 bits per heavy atom. The van der Waals surface area contributed by atoms with E-state index in [1.54, 1.807) is 0 Å². The number of hydrogen-bond acceptors (Lipinski definition) is 4. The van der Waals surface area contributed by atoms with Gasteiger partial charge in [0, 0.05) is 24.3 Å². The number of likely N-dealkylation sites (N-methyl/N-ethyl adjacent to an activating group) is 1. The largest absolute Gasteiger partial charge is 0.492 e. The summed E-state index contributed by atoms with van der Waals surface area (Å²) in [4.78, 5) is 2.11. The number of ether oxygens (including phenoxy) is 1. The average molecular weight is 263 g/mol. The first-order valence-corrected chi connectivity index (χ1v) is 7.03. The third-order valence-electron chi connectivity index (χ3n) is 3.51. The van der Waals surface area contributed by atoms with Crippen LogP contribution in [0.5, 0.6) is 5.75 Å². The van der Waals surface area contributed by atoms with Gasteiger partial charge in [0.25, 0.3) is 0 Å². The fourth-order valence-corrected chi connectivity index (χ4v) is 2.38. The maximum absolute atomic E-state index is 5.92. The molecular formula is C15H25N3O. The number of nitrogens with one attached hydrogen (secondary N) is 1. The van der Waals surface area contributed by atoms with Crippen molar-refractivity contribution in [2.75, 3.05) is 32.6 Å². The van der Waals surface area contributed by atoms with E-state index in [2.05, 4.69) is 22.3 Å². The lowest BCUT2D eigenvalue weighted by Gasteiger charge is -2.15. The highest BCUT2D eigenvalue weighted by atomic mass is 16.5. The normalized spacial score (nSPS) is 22.7. The molecular weight excluding hydrogens is 238 g/mol. The summed E-state index contributed by atoms with van der Waals surface area (Å²) in [5, 5.41) is 3.53. The van der Waals surface area contributed by atoms with Crippen molar-refractivity contribution in [2.24, 2.45) is 5.73 Å². The predicted octanol–water partition coefficient (Wildman–Crippen LogP) is 1.92. The molecule has 0 bridgehead atoms. The summed E-state index contributed by atoms with van der Waals surface area (Å²) in [6, 6.07) is 9.09. The van der Waals surface area contributed by atoms with Gasteiger partial charge in [-0.25, -0.2) is 0 Å². The SMILES string of the molecule is CN(C)CCOc1ccc(NC2CCC(N)C2)cc1. The van der Waals surface area contributed by atoms with Crippen molar-refractivity contribution in [1.82, 2.24) is 4.90 Å². The highest BCUT2D eigenvalue weighted by Crippen LogP contribution is 2.23. The first-order valence-electron chi connectivity index (χ1n) is 7.03. The lowest BCUT2D eigenvalue weighted by Crippen LogP contribution is -2.20. The first kappa shape index (κ1) is 14.2. The molecule has 1 aromatic carbocycles. The van der Waals surface area contributed by atoms with Crippen molar-refractivity contribution in [3.05, 3.63) is 24.3 Å². The monoisotopic (exact) mass is 263 g/mol. The summed E-state index contributed by atoms with van der Waals surface area (Å²) >= 11 is 0. The van der Waals surface area contributed by atoms with Crippen LogP contribution in [0.4, 0.5) is 5.69 Å². The predicted molar refractivity (Wildman–Crippen MR) is 79.7 cm³/mol. The molecule has 1 fully saturated rings. The molecule has 4 nitrogen and oxygen atoms in total. The average Bonchev–Trinajstić information content (AvgIpc) is 2.77. The van der Waals surface area contributed by atoms with Gasteiger partial charge < -0.3 is 20.7 Å². The van der Waals surface area contributed by atoms with Gasteiger partial charge >= 0.3 is 0 Å². The van der Waals surface area contributed by atoms with Gasteiger partial charge in [0.1, 0.15) is 12.4 Å². The van der Waals surface area contributed by atoms with Crippen LogP contribution in [0, 0.1) is 0 Å². The van der Waals surface area contributed by atoms with Crippen LogP contribution in [-0.4, -0.2) is 44.2 Å². The zero-order valence-electron chi connectivity index (χ0n) is 11.9. The van der Waals surface area contributed by atoms with Gasteiger partial charge in [-0.15, -0.1) is 0 Å². The molecule has 0 spiro atoms. The van der Waals surface area contributed by atoms with Crippen molar-refractivity contribution in [1.29, 1.82) is 0 Å². The number of rotatable bonds is 6. The number of nitrogens with zero attached hydrogens (tertiary/aromatic N) is 1. The molecule has 0 amide bonds. The van der Waals surface area contributed by atoms with Crippen molar-refractivity contribution in [2.45, 2.75) is 31.3 Å². The Bertz CT molecular complexity index is 377. The lowest BCUT2D eigenvalue weighted by atomic mass is 10.2. The van der Waals surface area contributed by atoms with Crippen LogP contribution in [0.25, 0.3) is 0 Å². The summed E-state index contributed by atoms with van der Waals surface area (Å²) in [7, 11) is 4.09. The van der Waals surface area contributed by atoms with Crippen LogP contribution in [0.1, 0.15) is 19.3 Å². The highest BCUT2D eigenvalue weighted by molar-refractivity contribution is 5.47. The summed E-state index contributed by atoms with van der Waals surface area (Å²) in [6.45, 7) is 1.65. The van der Waals surface area contributed by atoms with Crippen molar-refractivity contribution in [3.8, 4) is 5.75 Å². The van der Waals surface area contributed by atoms with Gasteiger partial charge in [0.05, 0.1) is 0 Å². The van der Waals surface area contributed by atoms with E-state index in [1.807, 2.05) is 26.2 Å². The van der Waals surface area contributed by atoms with E-state index in [9.17, 15) is 0 Å². The van der Waals surface area contributed by atoms with Crippen LogP contribution in [-0.2, 0) is 0 Å². The Hall–Kier alpha value is -1.26. The molecule has 106 valence electrons. The first-order chi connectivity index (χ1) is 9.13. The summed E-state index contributed by atoms with van der Waals surface area (Å²) in [5.74, 6) is 0.926. The molecule has 2 unspecified atom stereocenters. The molecule has 3 N–H and O–H groups in total. The standard InChI is InChI=1S/C15H25N3O/c1-18(2)9-10-19-15-7-5-13(6-8-15)17-14-4-3-12(16)11-14/h5-8,12,14,17H,3-4,9-11,16H2,1-2H3. The Morgan fingerprint density at radius 1 is 1.26 bits per heavy atom. The second-order valence-electron chi connectivity index (χ2n) is 5.59. The Morgan fingerprint density at radius 2 is 2.00 bits per heavy atom. The Kier molecular flexibility index (Phi) is 5.05. The topological polar surface area (TPSA) is 50.5 Å². The summed E-state index contributed by atoms with van der Waals surface area (Å²) in [5.41, 5.74) is 7.07. The van der Waals surface area contributed by atoms with E-state index in [-0.39, 0.29) is 0 Å². The maximum Gasteiger partial charge on any atom is 0.119 e. The molecule has 0 aliphatic heterocycles. The molecule has 1 aliphatic carbocycles. The minimum absolute atomic E-state index is 0.367. The molecule has 1 aromatic rings. The quantitative estimate of drug-likeness (QED) is 0.823. The van der Waals surface area contributed by atoms with E-state index >= 15 is 0 Å². The maximum atomic E-state index is 5.92. The number of nitrogens with two attached hydrogens (primary N) is 1. The lowest BCUT2D eigenvalue weighted by molar-refractivity contribution is 0.261. The fourth-order valence-electron chi connectivity index (χ4n) is 2.38. The van der Waals surface area contributed by atoms with Gasteiger partial charge in [0.15, 0.2) is 0 Å². The zero-order valence-corrected chi connectivity index (χ0v) is 11.9. The van der Waals surface area contributed by atoms with Crippen molar-refractivity contribution >= 4 is 5.69 Å². The van der Waals surface area contributed by atoms with Gasteiger partial charge in [-0.3, -0.25) is 0 Å². The van der Waals surface area contributed by atoms with E-state index in [0.29, 0.717) is 12.1 Å². The molecule has 1 saturated carbocycles. The van der Waals surface area contributed by atoms with Crippen LogP contribution < -0.4 is 15.8 Å². The van der Waals surface area contributed by atoms with E-state index in [0.717, 1.165) is 37.4 Å². The zero-order chi connectivity index (χ0) is 13.7. The van der Waals surface area contributed by atoms with Gasteiger partial charge in [-0.05, 0) is 57.6 Å². The van der Waals surface area contributed by atoms with E-state index in [4.69, 9.17) is 10.5 Å². The van der Waals surface area contributed by atoms with Gasteiger partial charge in [0.2, 0.25) is 0 Å². The van der Waals surface area contributed by atoms with Gasteiger partial charge in [-0.2, -0.15) is 0 Å². The summed E-state index contributed by atoms with van der Waals surface area (Å²) < 4.78 is 5.67. The smallest absolute Gasteiger partial charge is 0.119 e. The Labute approximate surface area is 115 Å². The third-order valence-corrected chi connectivity index (χ3v) is 3.51. The number of anilines is 1. The molecule has 0 aromatic heterocycles. The van der Waals surface area contributed by atoms with Crippen LogP contribution in [0.3, 0.4) is 0 Å². The minimum Gasteiger partial charge on any atom is -0.492 e. The molecule has 0 radical (unpaired) electrons. The molecule has 0 heterocycles. The molecule has 19 heavy (non-hydrogen) atoms.